The number of aromatic carboxylic acids is 1. The molecule has 0 bridgehead atoms. The highest BCUT2D eigenvalue weighted by Gasteiger charge is 2.24. The van der Waals surface area contributed by atoms with Gasteiger partial charge in [0.1, 0.15) is 11.5 Å². The molecule has 4 rings (SSSR count). The lowest BCUT2D eigenvalue weighted by Crippen LogP contribution is -2.19. The van der Waals surface area contributed by atoms with E-state index in [0.29, 0.717) is 27.2 Å². The molecule has 2 heterocycles. The predicted molar refractivity (Wildman–Crippen MR) is 131 cm³/mol. The maximum atomic E-state index is 12.4. The van der Waals surface area contributed by atoms with Crippen LogP contribution in [0.25, 0.3) is 17.4 Å². The van der Waals surface area contributed by atoms with Crippen molar-refractivity contribution < 1.29 is 19.1 Å². The van der Waals surface area contributed by atoms with Gasteiger partial charge in [0.25, 0.3) is 5.91 Å². The smallest absolute Gasteiger partial charge is 0.337 e. The van der Waals surface area contributed by atoms with Crippen LogP contribution < -0.4 is 5.32 Å². The zero-order valence-electron chi connectivity index (χ0n) is 16.9. The molecule has 2 N–H and O–H groups in total. The number of rotatable bonds is 4. The molecule has 0 spiro atoms. The Morgan fingerprint density at radius 3 is 2.59 bits per heavy atom. The molecule has 1 aliphatic heterocycles. The first-order valence-corrected chi connectivity index (χ1v) is 11.4. The van der Waals surface area contributed by atoms with Crippen LogP contribution in [0.4, 0.5) is 5.69 Å². The summed E-state index contributed by atoms with van der Waals surface area (Å²) in [6.07, 6.45) is 1.62. The summed E-state index contributed by atoms with van der Waals surface area (Å²) in [6, 6.07) is 11.9. The van der Waals surface area contributed by atoms with Crippen LogP contribution >= 0.6 is 39.3 Å². The predicted octanol–water partition coefficient (Wildman–Crippen LogP) is 6.57. The Morgan fingerprint density at radius 1 is 1.19 bits per heavy atom. The van der Waals surface area contributed by atoms with Crippen LogP contribution in [0.2, 0.25) is 5.02 Å². The Labute approximate surface area is 201 Å². The molecule has 1 amide bonds. The maximum absolute atomic E-state index is 12.4. The van der Waals surface area contributed by atoms with Crippen molar-refractivity contribution in [2.75, 3.05) is 0 Å². The second-order valence-electron chi connectivity index (χ2n) is 7.08. The summed E-state index contributed by atoms with van der Waals surface area (Å²) in [7, 11) is 0. The van der Waals surface area contributed by atoms with Gasteiger partial charge < -0.3 is 14.8 Å². The van der Waals surface area contributed by atoms with Crippen LogP contribution in [0.3, 0.4) is 0 Å². The van der Waals surface area contributed by atoms with Crippen molar-refractivity contribution in [1.29, 1.82) is 0 Å². The van der Waals surface area contributed by atoms with Gasteiger partial charge in [-0.1, -0.05) is 27.5 Å². The third-order valence-electron chi connectivity index (χ3n) is 4.68. The van der Waals surface area contributed by atoms with Crippen LogP contribution in [0.5, 0.6) is 0 Å². The van der Waals surface area contributed by atoms with Crippen LogP contribution in [0.1, 0.15) is 27.2 Å². The summed E-state index contributed by atoms with van der Waals surface area (Å²) in [6.45, 7) is 3.97. The Morgan fingerprint density at radius 2 is 1.91 bits per heavy atom. The number of halogens is 2. The van der Waals surface area contributed by atoms with E-state index >= 15 is 0 Å². The zero-order chi connectivity index (χ0) is 23.0. The van der Waals surface area contributed by atoms with Gasteiger partial charge in [-0.2, -0.15) is 0 Å². The van der Waals surface area contributed by atoms with Crippen LogP contribution in [-0.4, -0.2) is 22.2 Å². The molecular weight excluding hydrogens is 516 g/mol. The van der Waals surface area contributed by atoms with E-state index in [1.807, 2.05) is 26.0 Å². The maximum Gasteiger partial charge on any atom is 0.337 e. The first-order valence-electron chi connectivity index (χ1n) is 9.40. The first kappa shape index (κ1) is 22.4. The highest BCUT2D eigenvalue weighted by atomic mass is 79.9. The van der Waals surface area contributed by atoms with Gasteiger partial charge in [0.2, 0.25) is 0 Å². The van der Waals surface area contributed by atoms with Crippen molar-refractivity contribution in [3.63, 3.8) is 0 Å². The van der Waals surface area contributed by atoms with Gasteiger partial charge >= 0.3 is 5.97 Å². The van der Waals surface area contributed by atoms with E-state index in [0.717, 1.165) is 21.3 Å². The van der Waals surface area contributed by atoms with Crippen LogP contribution in [0, 0.1) is 13.8 Å². The molecule has 9 heteroatoms. The summed E-state index contributed by atoms with van der Waals surface area (Å²) in [5, 5.41) is 12.6. The van der Waals surface area contributed by atoms with Gasteiger partial charge in [-0.15, -0.1) is 0 Å². The topological polar surface area (TPSA) is 91.9 Å². The largest absolute Gasteiger partial charge is 0.478 e. The fourth-order valence-corrected chi connectivity index (χ4v) is 4.39. The number of amidine groups is 1. The lowest BCUT2D eigenvalue weighted by Gasteiger charge is -2.04. The Bertz CT molecular complexity index is 1310. The lowest BCUT2D eigenvalue weighted by atomic mass is 10.1. The molecule has 0 radical (unpaired) electrons. The van der Waals surface area contributed by atoms with E-state index in [4.69, 9.17) is 16.0 Å². The number of aliphatic imine (C=N–C) groups is 1. The van der Waals surface area contributed by atoms with Gasteiger partial charge in [-0.3, -0.25) is 4.79 Å². The number of hydrogen-bond donors (Lipinski definition) is 2. The van der Waals surface area contributed by atoms with Gasteiger partial charge in [-0.25, -0.2) is 9.79 Å². The quantitative estimate of drug-likeness (QED) is 0.372. The van der Waals surface area contributed by atoms with E-state index < -0.39 is 5.97 Å². The molecule has 2 aromatic carbocycles. The zero-order valence-corrected chi connectivity index (χ0v) is 20.1. The van der Waals surface area contributed by atoms with Gasteiger partial charge in [0.05, 0.1) is 21.2 Å². The molecule has 3 aromatic rings. The minimum absolute atomic E-state index is 0.00883. The Balaban J connectivity index is 1.57. The lowest BCUT2D eigenvalue weighted by molar-refractivity contribution is -0.115. The van der Waals surface area contributed by atoms with Crippen molar-refractivity contribution in [3.8, 4) is 11.3 Å². The third kappa shape index (κ3) is 4.67. The number of carbonyl (C=O) groups is 2. The van der Waals surface area contributed by atoms with Crippen molar-refractivity contribution in [2.24, 2.45) is 4.99 Å². The number of amides is 1. The molecule has 0 atom stereocenters. The molecule has 32 heavy (non-hydrogen) atoms. The molecule has 0 saturated carbocycles. The molecule has 1 aromatic heterocycles. The van der Waals surface area contributed by atoms with Gasteiger partial charge in [0, 0.05) is 16.1 Å². The fourth-order valence-electron chi connectivity index (χ4n) is 3.14. The molecular formula is C23H16BrClN2O4S. The third-order valence-corrected chi connectivity index (χ3v) is 7.17. The minimum atomic E-state index is -1.12. The standard InChI is InChI=1S/C23H16BrClN2O4S/c1-11-7-14(8-12(2)20(11)24)26-23-27-21(28)19(32-23)10-15-4-6-18(31-15)13-3-5-17(25)16(9-13)22(29)30/h3-10H,1-2H3,(H,29,30)(H,26,27,28)/b19-10+. The van der Waals surface area contributed by atoms with Crippen LogP contribution in [-0.2, 0) is 4.79 Å². The van der Waals surface area contributed by atoms with Crippen molar-refractivity contribution >= 4 is 68.1 Å². The van der Waals surface area contributed by atoms with Gasteiger partial charge in [0.15, 0.2) is 5.17 Å². The van der Waals surface area contributed by atoms with Crippen molar-refractivity contribution in [3.05, 3.63) is 79.3 Å². The van der Waals surface area contributed by atoms with Crippen molar-refractivity contribution in [1.82, 2.24) is 5.32 Å². The van der Waals surface area contributed by atoms with Crippen LogP contribution in [0.15, 0.2) is 61.3 Å². The summed E-state index contributed by atoms with van der Waals surface area (Å²) in [5.41, 5.74) is 3.44. The number of hydrogen-bond acceptors (Lipinski definition) is 5. The summed E-state index contributed by atoms with van der Waals surface area (Å²) < 4.78 is 6.84. The minimum Gasteiger partial charge on any atom is -0.478 e. The first-order chi connectivity index (χ1) is 15.2. The number of furan rings is 1. The van der Waals surface area contributed by atoms with E-state index in [1.54, 1.807) is 24.3 Å². The number of carbonyl (C=O) groups excluding carboxylic acids is 1. The number of carboxylic acids is 1. The Kier molecular flexibility index (Phi) is 6.28. The molecule has 1 fully saturated rings. The number of nitrogens with zero attached hydrogens (tertiary/aromatic N) is 1. The van der Waals surface area contributed by atoms with E-state index in [9.17, 15) is 14.7 Å². The number of thioether (sulfide) groups is 1. The highest BCUT2D eigenvalue weighted by molar-refractivity contribution is 9.10. The monoisotopic (exact) mass is 530 g/mol. The van der Waals surface area contributed by atoms with Crippen molar-refractivity contribution in [2.45, 2.75) is 13.8 Å². The normalized spacial score (nSPS) is 16.1. The number of carboxylic acid groups (broad SMARTS) is 1. The van der Waals surface area contributed by atoms with E-state index in [2.05, 4.69) is 26.2 Å². The molecule has 162 valence electrons. The summed E-state index contributed by atoms with van der Waals surface area (Å²) in [4.78, 5) is 28.7. The molecule has 1 aliphatic rings. The molecule has 0 aliphatic carbocycles. The summed E-state index contributed by atoms with van der Waals surface area (Å²) >= 11 is 10.7. The molecule has 0 unspecified atom stereocenters. The average molecular weight is 532 g/mol. The Hall–Kier alpha value is -2.81. The molecule has 6 nitrogen and oxygen atoms in total. The SMILES string of the molecule is Cc1cc(N=C2NC(=O)/C(=C\c3ccc(-c4ccc(Cl)c(C(=O)O)c4)o3)S2)cc(C)c1Br. The number of aryl methyl sites for hydroxylation is 2. The van der Waals surface area contributed by atoms with E-state index in [1.165, 1.54) is 23.9 Å². The summed E-state index contributed by atoms with van der Waals surface area (Å²) in [5.74, 6) is -0.458. The van der Waals surface area contributed by atoms with E-state index in [-0.39, 0.29) is 16.5 Å². The second kappa shape index (κ2) is 8.97. The number of benzene rings is 2. The van der Waals surface area contributed by atoms with Gasteiger partial charge in [-0.05, 0) is 79.2 Å². The highest BCUT2D eigenvalue weighted by Crippen LogP contribution is 2.32. The molecule has 1 saturated heterocycles. The number of nitrogens with one attached hydrogen (secondary N) is 1. The average Bonchev–Trinajstić information content (AvgIpc) is 3.33. The fraction of sp³-hybridized carbons (Fsp3) is 0.0870. The second-order valence-corrected chi connectivity index (χ2v) is 9.31.